The highest BCUT2D eigenvalue weighted by molar-refractivity contribution is 14.1. The van der Waals surface area contributed by atoms with Crippen LogP contribution >= 0.6 is 45.2 Å². The van der Waals surface area contributed by atoms with E-state index in [2.05, 4.69) is 9.47 Å². The van der Waals surface area contributed by atoms with Crippen LogP contribution in [0.1, 0.15) is 0 Å². The molecule has 0 aliphatic heterocycles. The summed E-state index contributed by atoms with van der Waals surface area (Å²) in [4.78, 5) is 21.4. The van der Waals surface area contributed by atoms with Gasteiger partial charge in [0.1, 0.15) is 13.2 Å². The monoisotopic (exact) mass is 398 g/mol. The van der Waals surface area contributed by atoms with Gasteiger partial charge in [-0.25, -0.2) is 9.59 Å². The molecular formula is C6H8I2O4. The van der Waals surface area contributed by atoms with Gasteiger partial charge < -0.3 is 9.47 Å². The summed E-state index contributed by atoms with van der Waals surface area (Å²) in [6.07, 6.45) is 0. The third kappa shape index (κ3) is 5.98. The van der Waals surface area contributed by atoms with Crippen LogP contribution in [-0.2, 0) is 19.1 Å². The summed E-state index contributed by atoms with van der Waals surface area (Å²) in [7, 11) is 0. The van der Waals surface area contributed by atoms with Gasteiger partial charge in [-0.1, -0.05) is 45.2 Å². The van der Waals surface area contributed by atoms with E-state index in [1.54, 1.807) is 0 Å². The van der Waals surface area contributed by atoms with Gasteiger partial charge in [-0.2, -0.15) is 0 Å². The Morgan fingerprint density at radius 3 is 1.50 bits per heavy atom. The molecule has 0 radical (unpaired) electrons. The summed E-state index contributed by atoms with van der Waals surface area (Å²) in [5.74, 6) is -1.81. The Bertz CT molecular complexity index is 142. The second kappa shape index (κ2) is 8.02. The quantitative estimate of drug-likeness (QED) is 0.307. The third-order valence-electron chi connectivity index (χ3n) is 0.787. The highest BCUT2D eigenvalue weighted by Gasteiger charge is 2.15. The lowest BCUT2D eigenvalue weighted by Gasteiger charge is -2.01. The zero-order valence-corrected chi connectivity index (χ0v) is 10.5. The van der Waals surface area contributed by atoms with Crippen LogP contribution < -0.4 is 0 Å². The number of carbonyl (C=O) groups excluding carboxylic acids is 2. The van der Waals surface area contributed by atoms with Gasteiger partial charge in [0.25, 0.3) is 0 Å². The number of ether oxygens (including phenoxy) is 2. The van der Waals surface area contributed by atoms with Crippen LogP contribution in [0.2, 0.25) is 0 Å². The molecule has 12 heavy (non-hydrogen) atoms. The maximum Gasteiger partial charge on any atom is 0.417 e. The number of rotatable bonds is 4. The molecule has 0 rings (SSSR count). The van der Waals surface area contributed by atoms with Crippen molar-refractivity contribution in [1.29, 1.82) is 0 Å². The van der Waals surface area contributed by atoms with Gasteiger partial charge in [0.2, 0.25) is 0 Å². The van der Waals surface area contributed by atoms with Crippen molar-refractivity contribution >= 4 is 57.1 Å². The van der Waals surface area contributed by atoms with Crippen LogP contribution in [0.5, 0.6) is 0 Å². The number of hydrogen-bond acceptors (Lipinski definition) is 4. The second-order valence-corrected chi connectivity index (χ2v) is 3.81. The van der Waals surface area contributed by atoms with Gasteiger partial charge in [-0.3, -0.25) is 0 Å². The Labute approximate surface area is 97.6 Å². The van der Waals surface area contributed by atoms with Crippen molar-refractivity contribution in [3.8, 4) is 0 Å². The van der Waals surface area contributed by atoms with E-state index in [0.29, 0.717) is 8.86 Å². The lowest BCUT2D eigenvalue weighted by atomic mass is 10.7. The number of carbonyl (C=O) groups is 2. The predicted octanol–water partition coefficient (Wildman–Crippen LogP) is 0.943. The number of alkyl halides is 2. The first-order chi connectivity index (χ1) is 5.72. The van der Waals surface area contributed by atoms with Crippen LogP contribution in [0.4, 0.5) is 0 Å². The SMILES string of the molecule is O=C(OCCI)C(=O)OCCI. The van der Waals surface area contributed by atoms with Crippen molar-refractivity contribution in [3.63, 3.8) is 0 Å². The van der Waals surface area contributed by atoms with Gasteiger partial charge in [-0.05, 0) is 0 Å². The molecule has 6 heteroatoms. The Morgan fingerprint density at radius 1 is 0.917 bits per heavy atom. The van der Waals surface area contributed by atoms with Gasteiger partial charge in [0, 0.05) is 8.86 Å². The molecule has 0 spiro atoms. The first-order valence-electron chi connectivity index (χ1n) is 3.18. The third-order valence-corrected chi connectivity index (χ3v) is 1.67. The fourth-order valence-electron chi connectivity index (χ4n) is 0.380. The zero-order chi connectivity index (χ0) is 9.40. The molecule has 0 saturated heterocycles. The topological polar surface area (TPSA) is 52.6 Å². The molecule has 0 aromatic heterocycles. The lowest BCUT2D eigenvalue weighted by Crippen LogP contribution is -2.21. The minimum atomic E-state index is -0.906. The van der Waals surface area contributed by atoms with E-state index >= 15 is 0 Å². The Kier molecular flexibility index (Phi) is 8.29. The number of hydrogen-bond donors (Lipinski definition) is 0. The molecule has 0 aliphatic carbocycles. The largest absolute Gasteiger partial charge is 0.456 e. The molecule has 0 aliphatic rings. The maximum absolute atomic E-state index is 10.7. The minimum absolute atomic E-state index is 0.249. The normalized spacial score (nSPS) is 9.17. The molecule has 0 amide bonds. The van der Waals surface area contributed by atoms with E-state index in [0.717, 1.165) is 0 Å². The summed E-state index contributed by atoms with van der Waals surface area (Å²) < 4.78 is 10.4. The summed E-state index contributed by atoms with van der Waals surface area (Å²) in [5, 5.41) is 0. The van der Waals surface area contributed by atoms with E-state index in [9.17, 15) is 9.59 Å². The summed E-state index contributed by atoms with van der Waals surface area (Å²) in [6.45, 7) is 0.497. The van der Waals surface area contributed by atoms with Crippen molar-refractivity contribution in [3.05, 3.63) is 0 Å². The van der Waals surface area contributed by atoms with Crippen molar-refractivity contribution in [2.45, 2.75) is 0 Å². The van der Waals surface area contributed by atoms with E-state index in [4.69, 9.17) is 0 Å². The van der Waals surface area contributed by atoms with Crippen LogP contribution in [0.3, 0.4) is 0 Å². The molecule has 4 nitrogen and oxygen atoms in total. The predicted molar refractivity (Wildman–Crippen MR) is 59.7 cm³/mol. The summed E-state index contributed by atoms with van der Waals surface area (Å²) in [5.41, 5.74) is 0. The molecular weight excluding hydrogens is 390 g/mol. The second-order valence-electron chi connectivity index (χ2n) is 1.65. The van der Waals surface area contributed by atoms with Gasteiger partial charge >= 0.3 is 11.9 Å². The first kappa shape index (κ1) is 12.4. The fourth-order valence-corrected chi connectivity index (χ4v) is 0.821. The molecule has 0 aromatic rings. The molecule has 70 valence electrons. The fraction of sp³-hybridized carbons (Fsp3) is 0.667. The lowest BCUT2D eigenvalue weighted by molar-refractivity contribution is -0.166. The molecule has 0 saturated carbocycles. The summed E-state index contributed by atoms with van der Waals surface area (Å²) >= 11 is 4.08. The molecule has 0 atom stereocenters. The standard InChI is InChI=1S/C6H8I2O4/c7-1-3-11-5(9)6(10)12-4-2-8/h1-4H2. The van der Waals surface area contributed by atoms with E-state index in [1.807, 2.05) is 45.2 Å². The Morgan fingerprint density at radius 2 is 1.25 bits per heavy atom. The molecule has 0 heterocycles. The number of halogens is 2. The average Bonchev–Trinajstić information content (AvgIpc) is 2.10. The maximum atomic E-state index is 10.7. The minimum Gasteiger partial charge on any atom is -0.456 e. The van der Waals surface area contributed by atoms with E-state index in [-0.39, 0.29) is 13.2 Å². The zero-order valence-electron chi connectivity index (χ0n) is 6.22. The van der Waals surface area contributed by atoms with Crippen molar-refractivity contribution in [1.82, 2.24) is 0 Å². The van der Waals surface area contributed by atoms with Crippen molar-refractivity contribution in [2.75, 3.05) is 22.1 Å². The molecule has 0 N–H and O–H groups in total. The summed E-state index contributed by atoms with van der Waals surface area (Å²) in [6, 6.07) is 0. The highest BCUT2D eigenvalue weighted by atomic mass is 127. The number of esters is 2. The van der Waals surface area contributed by atoms with Crippen LogP contribution in [-0.4, -0.2) is 34.0 Å². The van der Waals surface area contributed by atoms with Crippen LogP contribution in [0, 0.1) is 0 Å². The van der Waals surface area contributed by atoms with Crippen LogP contribution in [0.25, 0.3) is 0 Å². The highest BCUT2D eigenvalue weighted by Crippen LogP contribution is 1.89. The van der Waals surface area contributed by atoms with Crippen molar-refractivity contribution in [2.24, 2.45) is 0 Å². The molecule has 0 fully saturated rings. The van der Waals surface area contributed by atoms with Crippen LogP contribution in [0.15, 0.2) is 0 Å². The first-order valence-corrected chi connectivity index (χ1v) is 6.23. The van der Waals surface area contributed by atoms with Crippen molar-refractivity contribution < 1.29 is 19.1 Å². The molecule has 0 bridgehead atoms. The van der Waals surface area contributed by atoms with E-state index in [1.165, 1.54) is 0 Å². The smallest absolute Gasteiger partial charge is 0.417 e. The van der Waals surface area contributed by atoms with E-state index < -0.39 is 11.9 Å². The average molecular weight is 398 g/mol. The Balaban J connectivity index is 3.55. The Hall–Kier alpha value is 0.400. The molecule has 0 aromatic carbocycles. The van der Waals surface area contributed by atoms with Gasteiger partial charge in [-0.15, -0.1) is 0 Å². The van der Waals surface area contributed by atoms with Gasteiger partial charge in [0.05, 0.1) is 0 Å². The molecule has 0 unspecified atom stereocenters. The van der Waals surface area contributed by atoms with Gasteiger partial charge in [0.15, 0.2) is 0 Å².